The van der Waals surface area contributed by atoms with Crippen molar-refractivity contribution in [1.29, 1.82) is 0 Å². The molecule has 26 heavy (non-hydrogen) atoms. The van der Waals surface area contributed by atoms with Gasteiger partial charge < -0.3 is 14.8 Å². The average Bonchev–Trinajstić information content (AvgIpc) is 3.35. The number of rotatable bonds is 9. The molecule has 0 saturated heterocycles. The number of alkyl halides is 3. The minimum absolute atomic E-state index is 0.0202. The van der Waals surface area contributed by atoms with Crippen molar-refractivity contribution in [3.05, 3.63) is 36.2 Å². The summed E-state index contributed by atoms with van der Waals surface area (Å²) in [6.07, 6.45) is -4.86. The average molecular weight is 375 g/mol. The first-order chi connectivity index (χ1) is 12.2. The zero-order chi connectivity index (χ0) is 19.4. The molecule has 0 bridgehead atoms. The van der Waals surface area contributed by atoms with E-state index < -0.39 is 23.3 Å². The summed E-state index contributed by atoms with van der Waals surface area (Å²) in [6.45, 7) is 5.87. The van der Waals surface area contributed by atoms with Gasteiger partial charge in [-0.2, -0.15) is 13.2 Å². The Morgan fingerprint density at radius 1 is 1.27 bits per heavy atom. The number of halogens is 4. The van der Waals surface area contributed by atoms with Crippen molar-refractivity contribution in [2.45, 2.75) is 25.9 Å². The number of ether oxygens (including phenoxy) is 2. The summed E-state index contributed by atoms with van der Waals surface area (Å²) in [6, 6.07) is 4.12. The maximum Gasteiger partial charge on any atom is 0.403 e. The summed E-state index contributed by atoms with van der Waals surface area (Å²) in [4.78, 5) is 11.6. The Labute approximate surface area is 149 Å². The lowest BCUT2D eigenvalue weighted by Crippen LogP contribution is -2.42. The first-order valence-corrected chi connectivity index (χ1v) is 8.18. The van der Waals surface area contributed by atoms with Crippen molar-refractivity contribution in [2.24, 2.45) is 5.41 Å². The third-order valence-corrected chi connectivity index (χ3v) is 4.15. The highest BCUT2D eigenvalue weighted by atomic mass is 19.4. The zero-order valence-electron chi connectivity index (χ0n) is 14.4. The molecule has 0 spiro atoms. The zero-order valence-corrected chi connectivity index (χ0v) is 14.4. The molecule has 0 aromatic heterocycles. The van der Waals surface area contributed by atoms with E-state index in [-0.39, 0.29) is 39.2 Å². The highest BCUT2D eigenvalue weighted by Gasteiger charge is 2.68. The lowest BCUT2D eigenvalue weighted by Gasteiger charge is -2.18. The predicted molar refractivity (Wildman–Crippen MR) is 88.2 cm³/mol. The third kappa shape index (κ3) is 4.75. The van der Waals surface area contributed by atoms with Gasteiger partial charge in [0.1, 0.15) is 23.6 Å². The predicted octanol–water partition coefficient (Wildman–Crippen LogP) is 3.71. The van der Waals surface area contributed by atoms with E-state index in [9.17, 15) is 22.4 Å². The standard InChI is InChI=1S/C18H21F4NO3/c1-12(2)14-4-3-13(19)11-15(14)26-10-9-25-8-7-23-16(24)17(5-6-17)18(20,21)22/h3-4,11H,1,5-10H2,2H3,(H,23,24). The van der Waals surface area contributed by atoms with Crippen LogP contribution in [0.5, 0.6) is 5.75 Å². The molecule has 1 N–H and O–H groups in total. The van der Waals surface area contributed by atoms with Gasteiger partial charge in [-0.15, -0.1) is 0 Å². The van der Waals surface area contributed by atoms with Gasteiger partial charge in [-0.3, -0.25) is 4.79 Å². The molecule has 0 radical (unpaired) electrons. The summed E-state index contributed by atoms with van der Waals surface area (Å²) in [5, 5.41) is 2.25. The van der Waals surface area contributed by atoms with Gasteiger partial charge in [0.2, 0.25) is 5.91 Å². The second kappa shape index (κ2) is 8.07. The van der Waals surface area contributed by atoms with Crippen LogP contribution in [0, 0.1) is 11.2 Å². The highest BCUT2D eigenvalue weighted by molar-refractivity contribution is 5.86. The third-order valence-electron chi connectivity index (χ3n) is 4.15. The van der Waals surface area contributed by atoms with Crippen molar-refractivity contribution in [3.63, 3.8) is 0 Å². The van der Waals surface area contributed by atoms with Crippen LogP contribution in [0.4, 0.5) is 17.6 Å². The highest BCUT2D eigenvalue weighted by Crippen LogP contribution is 2.57. The molecule has 1 aliphatic rings. The number of nitrogens with one attached hydrogen (secondary N) is 1. The monoisotopic (exact) mass is 375 g/mol. The van der Waals surface area contributed by atoms with Crippen molar-refractivity contribution < 1.29 is 31.8 Å². The largest absolute Gasteiger partial charge is 0.490 e. The Balaban J connectivity index is 1.66. The van der Waals surface area contributed by atoms with E-state index >= 15 is 0 Å². The van der Waals surface area contributed by atoms with E-state index in [1.54, 1.807) is 13.0 Å². The number of carbonyl (C=O) groups excluding carboxylic acids is 1. The minimum atomic E-state index is -4.52. The molecule has 144 valence electrons. The molecule has 0 atom stereocenters. The van der Waals surface area contributed by atoms with Crippen molar-refractivity contribution >= 4 is 11.5 Å². The van der Waals surface area contributed by atoms with Gasteiger partial charge in [-0.05, 0) is 37.5 Å². The summed E-state index contributed by atoms with van der Waals surface area (Å²) >= 11 is 0. The molecule has 4 nitrogen and oxygen atoms in total. The molecule has 1 saturated carbocycles. The molecule has 1 aromatic carbocycles. The Kier molecular flexibility index (Phi) is 6.28. The maximum atomic E-state index is 13.3. The molecule has 2 rings (SSSR count). The lowest BCUT2D eigenvalue weighted by atomic mass is 10.1. The Hall–Kier alpha value is -2.09. The van der Waals surface area contributed by atoms with Gasteiger partial charge in [0, 0.05) is 18.2 Å². The van der Waals surface area contributed by atoms with Gasteiger partial charge in [0.15, 0.2) is 0 Å². The van der Waals surface area contributed by atoms with Crippen molar-refractivity contribution in [3.8, 4) is 5.75 Å². The van der Waals surface area contributed by atoms with E-state index in [0.717, 1.165) is 5.57 Å². The van der Waals surface area contributed by atoms with E-state index in [2.05, 4.69) is 11.9 Å². The molecule has 1 aliphatic carbocycles. The number of benzene rings is 1. The second-order valence-corrected chi connectivity index (χ2v) is 6.22. The van der Waals surface area contributed by atoms with Crippen LogP contribution in [-0.4, -0.2) is 38.4 Å². The number of carbonyl (C=O) groups is 1. The van der Waals surface area contributed by atoms with Crippen LogP contribution in [0.15, 0.2) is 24.8 Å². The van der Waals surface area contributed by atoms with Crippen LogP contribution in [0.1, 0.15) is 25.3 Å². The summed E-state index contributed by atoms with van der Waals surface area (Å²) in [5.74, 6) is -1.10. The summed E-state index contributed by atoms with van der Waals surface area (Å²) in [7, 11) is 0. The number of amides is 1. The Bertz CT molecular complexity index is 669. The maximum absolute atomic E-state index is 13.3. The Morgan fingerprint density at radius 3 is 2.54 bits per heavy atom. The van der Waals surface area contributed by atoms with Crippen molar-refractivity contribution in [1.82, 2.24) is 5.32 Å². The number of hydrogen-bond acceptors (Lipinski definition) is 3. The molecule has 8 heteroatoms. The fraction of sp³-hybridized carbons (Fsp3) is 0.500. The van der Waals surface area contributed by atoms with Gasteiger partial charge in [-0.25, -0.2) is 4.39 Å². The molecular weight excluding hydrogens is 354 g/mol. The molecule has 0 aliphatic heterocycles. The molecule has 1 aromatic rings. The molecular formula is C18H21F4NO3. The number of hydrogen-bond donors (Lipinski definition) is 1. The van der Waals surface area contributed by atoms with E-state index in [1.165, 1.54) is 12.1 Å². The van der Waals surface area contributed by atoms with Crippen LogP contribution < -0.4 is 10.1 Å². The van der Waals surface area contributed by atoms with Crippen LogP contribution >= 0.6 is 0 Å². The molecule has 0 heterocycles. The summed E-state index contributed by atoms with van der Waals surface area (Å²) < 4.78 is 62.2. The molecule has 0 unspecified atom stereocenters. The van der Waals surface area contributed by atoms with E-state index in [4.69, 9.17) is 9.47 Å². The van der Waals surface area contributed by atoms with Crippen LogP contribution in [-0.2, 0) is 9.53 Å². The van der Waals surface area contributed by atoms with Crippen molar-refractivity contribution in [2.75, 3.05) is 26.4 Å². The normalized spacial score (nSPS) is 15.4. The first kappa shape index (κ1) is 20.2. The number of allylic oxidation sites excluding steroid dienone is 1. The smallest absolute Gasteiger partial charge is 0.403 e. The lowest BCUT2D eigenvalue weighted by molar-refractivity contribution is -0.192. The SMILES string of the molecule is C=C(C)c1ccc(F)cc1OCCOCCNC(=O)C1(C(F)(F)F)CC1. The molecule has 1 fully saturated rings. The quantitative estimate of drug-likeness (QED) is 0.529. The van der Waals surface area contributed by atoms with Gasteiger partial charge in [0.05, 0.1) is 13.2 Å². The molecule has 1 amide bonds. The second-order valence-electron chi connectivity index (χ2n) is 6.22. The van der Waals surface area contributed by atoms with Gasteiger partial charge in [-0.1, -0.05) is 6.58 Å². The van der Waals surface area contributed by atoms with Crippen LogP contribution in [0.25, 0.3) is 5.57 Å². The fourth-order valence-corrected chi connectivity index (χ4v) is 2.45. The first-order valence-electron chi connectivity index (χ1n) is 8.18. The summed E-state index contributed by atoms with van der Waals surface area (Å²) in [5.41, 5.74) is -0.810. The minimum Gasteiger partial charge on any atom is -0.490 e. The fourth-order valence-electron chi connectivity index (χ4n) is 2.45. The Morgan fingerprint density at radius 2 is 1.96 bits per heavy atom. The van der Waals surface area contributed by atoms with E-state index in [1.807, 2.05) is 0 Å². The van der Waals surface area contributed by atoms with Crippen LogP contribution in [0.2, 0.25) is 0 Å². The van der Waals surface area contributed by atoms with Crippen LogP contribution in [0.3, 0.4) is 0 Å². The topological polar surface area (TPSA) is 47.6 Å². The van der Waals surface area contributed by atoms with E-state index in [0.29, 0.717) is 11.3 Å². The van der Waals surface area contributed by atoms with Gasteiger partial charge >= 0.3 is 6.18 Å². The van der Waals surface area contributed by atoms with Gasteiger partial charge in [0.25, 0.3) is 0 Å².